The first-order chi connectivity index (χ1) is 2.50. The number of nitrogens with zero attached hydrogens (tertiary/aromatic N) is 1. The third kappa shape index (κ3) is 0.560. The highest BCUT2D eigenvalue weighted by molar-refractivity contribution is 7.99. The molecule has 0 saturated heterocycles. The van der Waals surface area contributed by atoms with Gasteiger partial charge in [-0.2, -0.15) is 0 Å². The van der Waals surface area contributed by atoms with Crippen LogP contribution in [0.5, 0.6) is 0 Å². The van der Waals surface area contributed by atoms with Crippen LogP contribution in [0, 0.1) is 5.41 Å². The standard InChI is InChI=1S/C2H2N2S/c1-2-5-4-3-1/h1,3H. The van der Waals surface area contributed by atoms with E-state index >= 15 is 0 Å². The Bertz CT molecular complexity index is 45.6. The van der Waals surface area contributed by atoms with Crippen molar-refractivity contribution in [3.63, 3.8) is 0 Å². The van der Waals surface area contributed by atoms with Gasteiger partial charge in [0.15, 0.2) is 0 Å². The van der Waals surface area contributed by atoms with Gasteiger partial charge in [-0.3, -0.25) is 5.43 Å². The molecular weight excluding hydrogens is 84.1 g/mol. The van der Waals surface area contributed by atoms with Gasteiger partial charge in [-0.1, -0.05) is 4.83 Å². The van der Waals surface area contributed by atoms with Gasteiger partial charge in [-0.05, 0) is 0 Å². The van der Waals surface area contributed by atoms with E-state index in [0.29, 0.717) is 0 Å². The van der Waals surface area contributed by atoms with Crippen LogP contribution in [0.2, 0.25) is 0 Å². The molecular formula is C2H2N2S. The van der Waals surface area contributed by atoms with Gasteiger partial charge in [-0.25, -0.2) is 0 Å². The molecule has 5 heavy (non-hydrogen) atoms. The maximum atomic E-state index is 3.58. The molecule has 0 aliphatic carbocycles. The third-order valence-corrected chi connectivity index (χ3v) is 0.694. The van der Waals surface area contributed by atoms with Gasteiger partial charge in [0.1, 0.15) is 0 Å². The summed E-state index contributed by atoms with van der Waals surface area (Å²) in [4.78, 5) is 3.58. The third-order valence-electron chi connectivity index (χ3n) is 0.275. The summed E-state index contributed by atoms with van der Waals surface area (Å²) in [7, 11) is 0. The molecule has 0 aromatic heterocycles. The van der Waals surface area contributed by atoms with E-state index in [2.05, 4.69) is 15.7 Å². The first-order valence-corrected chi connectivity index (χ1v) is 1.96. The van der Waals surface area contributed by atoms with Crippen LogP contribution in [-0.2, 0) is 0 Å². The summed E-state index contributed by atoms with van der Waals surface area (Å²) in [5.74, 6) is 0. The van der Waals surface area contributed by atoms with Gasteiger partial charge in [-0.15, -0.1) is 0 Å². The van der Waals surface area contributed by atoms with E-state index in [-0.39, 0.29) is 0 Å². The fourth-order valence-corrected chi connectivity index (χ4v) is 0.395. The lowest BCUT2D eigenvalue weighted by atomic mass is 11.1. The summed E-state index contributed by atoms with van der Waals surface area (Å²) >= 11 is 1.28. The Morgan fingerprint density at radius 1 is 2.00 bits per heavy atom. The van der Waals surface area contributed by atoms with Crippen molar-refractivity contribution >= 4 is 11.9 Å². The lowest BCUT2D eigenvalue weighted by Gasteiger charge is -1.76. The van der Waals surface area contributed by atoms with Crippen molar-refractivity contribution in [1.82, 2.24) is 10.3 Å². The zero-order chi connectivity index (χ0) is 3.54. The van der Waals surface area contributed by atoms with Gasteiger partial charge in [0, 0.05) is 18.1 Å². The molecule has 0 amide bonds. The highest BCUT2D eigenvalue weighted by atomic mass is 32.2. The maximum absolute atomic E-state index is 3.58. The van der Waals surface area contributed by atoms with Crippen molar-refractivity contribution in [2.75, 3.05) is 0 Å². The minimum atomic E-state index is 1.28. The number of nitrogens with one attached hydrogen (secondary N) is 1. The van der Waals surface area contributed by atoms with Gasteiger partial charge in [0.25, 0.3) is 0 Å². The average molecular weight is 86.1 g/mol. The Kier molecular flexibility index (Phi) is 0.813. The molecule has 1 aliphatic heterocycles. The van der Waals surface area contributed by atoms with Crippen LogP contribution in [0.4, 0.5) is 0 Å². The lowest BCUT2D eigenvalue weighted by Crippen LogP contribution is -2.02. The number of hydrogen-bond donors (Lipinski definition) is 1. The molecule has 2 nitrogen and oxygen atoms in total. The van der Waals surface area contributed by atoms with Crippen LogP contribution >= 0.6 is 11.9 Å². The fourth-order valence-electron chi connectivity index (χ4n) is 0.132. The molecule has 0 spiro atoms. The molecule has 1 N–H and O–H groups in total. The van der Waals surface area contributed by atoms with Gasteiger partial charge < -0.3 is 0 Å². The molecule has 0 saturated carbocycles. The summed E-state index contributed by atoms with van der Waals surface area (Å²) < 4.78 is 0. The van der Waals surface area contributed by atoms with Crippen molar-refractivity contribution < 1.29 is 0 Å². The maximum Gasteiger partial charge on any atom is 0.0600 e. The Morgan fingerprint density at radius 2 is 3.00 bits per heavy atom. The number of rotatable bonds is 0. The summed E-state index contributed by atoms with van der Waals surface area (Å²) in [6.07, 6.45) is 1.66. The molecule has 0 bridgehead atoms. The van der Waals surface area contributed by atoms with E-state index in [1.54, 1.807) is 6.20 Å². The van der Waals surface area contributed by atoms with Crippen molar-refractivity contribution in [2.45, 2.75) is 0 Å². The minimum absolute atomic E-state index is 1.28. The van der Waals surface area contributed by atoms with Gasteiger partial charge >= 0.3 is 0 Å². The predicted molar refractivity (Wildman–Crippen MR) is 20.7 cm³/mol. The quantitative estimate of drug-likeness (QED) is 0.421. The smallest absolute Gasteiger partial charge is 0.0600 e. The van der Waals surface area contributed by atoms with Crippen LogP contribution < -0.4 is 10.3 Å². The molecule has 0 unspecified atom stereocenters. The van der Waals surface area contributed by atoms with Crippen LogP contribution in [0.1, 0.15) is 0 Å². The van der Waals surface area contributed by atoms with E-state index in [1.165, 1.54) is 11.9 Å². The summed E-state index contributed by atoms with van der Waals surface area (Å²) in [6, 6.07) is 0. The van der Waals surface area contributed by atoms with Crippen molar-refractivity contribution in [3.8, 4) is 0 Å². The molecule has 1 rings (SSSR count). The molecule has 26 valence electrons. The lowest BCUT2D eigenvalue weighted by molar-refractivity contribution is 0.880. The molecule has 2 radical (unpaired) electrons. The zero-order valence-electron chi connectivity index (χ0n) is 2.43. The fraction of sp³-hybridized carbons (Fsp3) is 0. The van der Waals surface area contributed by atoms with E-state index in [4.69, 9.17) is 0 Å². The van der Waals surface area contributed by atoms with Gasteiger partial charge in [0.2, 0.25) is 0 Å². The van der Waals surface area contributed by atoms with Crippen molar-refractivity contribution in [2.24, 2.45) is 0 Å². The normalized spacial score (nSPS) is 19.2. The second kappa shape index (κ2) is 1.33. The molecule has 1 heterocycles. The summed E-state index contributed by atoms with van der Waals surface area (Å²) in [6.45, 7) is 0. The topological polar surface area (TPSA) is 26.1 Å². The Morgan fingerprint density at radius 3 is 3.20 bits per heavy atom. The molecule has 0 aromatic rings. The van der Waals surface area contributed by atoms with E-state index < -0.39 is 0 Å². The largest absolute Gasteiger partial charge is 0.299 e. The molecule has 0 aromatic carbocycles. The SMILES string of the molecule is [C]1=CN[N]S1. The molecule has 0 atom stereocenters. The van der Waals surface area contributed by atoms with Gasteiger partial charge in [0.05, 0.1) is 5.41 Å². The van der Waals surface area contributed by atoms with Crippen LogP contribution in [0.3, 0.4) is 0 Å². The summed E-state index contributed by atoms with van der Waals surface area (Å²) in [5.41, 5.74) is 2.57. The average Bonchev–Trinajstić information content (AvgIpc) is 1.76. The molecule has 0 fully saturated rings. The first kappa shape index (κ1) is 3.06. The molecule has 3 heteroatoms. The van der Waals surface area contributed by atoms with Crippen LogP contribution in [0.15, 0.2) is 6.20 Å². The monoisotopic (exact) mass is 86.0 g/mol. The second-order valence-corrected chi connectivity index (χ2v) is 1.17. The van der Waals surface area contributed by atoms with Crippen LogP contribution in [0.25, 0.3) is 0 Å². The van der Waals surface area contributed by atoms with Crippen LogP contribution in [-0.4, -0.2) is 0 Å². The zero-order valence-corrected chi connectivity index (χ0v) is 3.25. The minimum Gasteiger partial charge on any atom is -0.299 e. The van der Waals surface area contributed by atoms with E-state index in [9.17, 15) is 0 Å². The summed E-state index contributed by atoms with van der Waals surface area (Å²) in [5, 5.41) is 2.74. The number of hydrogen-bond acceptors (Lipinski definition) is 2. The Labute approximate surface area is 34.7 Å². The van der Waals surface area contributed by atoms with Crippen molar-refractivity contribution in [1.29, 1.82) is 0 Å². The van der Waals surface area contributed by atoms with E-state index in [1.807, 2.05) is 0 Å². The van der Waals surface area contributed by atoms with Crippen molar-refractivity contribution in [3.05, 3.63) is 11.6 Å². The highest BCUT2D eigenvalue weighted by Crippen LogP contribution is 1.96. The predicted octanol–water partition coefficient (Wildman–Crippen LogP) is 0.0316. The first-order valence-electron chi connectivity index (χ1n) is 1.19. The molecule has 1 aliphatic rings. The second-order valence-electron chi connectivity index (χ2n) is 0.574. The van der Waals surface area contributed by atoms with E-state index in [0.717, 1.165) is 0 Å². The Hall–Kier alpha value is -0.150. The highest BCUT2D eigenvalue weighted by Gasteiger charge is 1.84. The Balaban J connectivity index is 2.32.